The van der Waals surface area contributed by atoms with Crippen LogP contribution in [0.5, 0.6) is 0 Å². The van der Waals surface area contributed by atoms with Crippen LogP contribution in [0.3, 0.4) is 0 Å². The van der Waals surface area contributed by atoms with E-state index < -0.39 is 0 Å². The first-order valence-corrected chi connectivity index (χ1v) is 7.62. The van der Waals surface area contributed by atoms with Crippen molar-refractivity contribution in [3.63, 3.8) is 0 Å². The van der Waals surface area contributed by atoms with Gasteiger partial charge in [0.25, 0.3) is 0 Å². The molecule has 1 saturated heterocycles. The summed E-state index contributed by atoms with van der Waals surface area (Å²) in [6.07, 6.45) is 2.58. The fourth-order valence-corrected chi connectivity index (χ4v) is 3.26. The first-order chi connectivity index (χ1) is 8.58. The maximum Gasteiger partial charge on any atom is 0.0496 e. The van der Waals surface area contributed by atoms with E-state index in [2.05, 4.69) is 58.9 Å². The van der Waals surface area contributed by atoms with Crippen LogP contribution in [-0.4, -0.2) is 24.0 Å². The minimum absolute atomic E-state index is 0.160. The number of hydrogen-bond donors (Lipinski definition) is 1. The number of piperidine rings is 1. The lowest BCUT2D eigenvalue weighted by Crippen LogP contribution is -2.43. The third kappa shape index (κ3) is 3.34. The number of hydrogen-bond acceptors (Lipinski definition) is 2. The van der Waals surface area contributed by atoms with Crippen molar-refractivity contribution in [2.24, 2.45) is 11.7 Å². The van der Waals surface area contributed by atoms with Gasteiger partial charge in [-0.05, 0) is 56.5 Å². The second-order valence-electron chi connectivity index (χ2n) is 5.58. The molecule has 1 aliphatic heterocycles. The molecule has 0 spiro atoms. The Bertz CT molecular complexity index is 384. The molecule has 2 rings (SSSR count). The number of nitrogens with zero attached hydrogens (tertiary/aromatic N) is 1. The third-order valence-electron chi connectivity index (χ3n) is 3.90. The van der Waals surface area contributed by atoms with E-state index in [1.165, 1.54) is 31.5 Å². The SMILES string of the molecule is CC1CCN(C(c2cccc(Br)c2)C(C)N)CC1. The highest BCUT2D eigenvalue weighted by molar-refractivity contribution is 9.10. The molecule has 2 N–H and O–H groups in total. The van der Waals surface area contributed by atoms with Crippen LogP contribution in [0.25, 0.3) is 0 Å². The summed E-state index contributed by atoms with van der Waals surface area (Å²) >= 11 is 3.55. The van der Waals surface area contributed by atoms with Crippen LogP contribution in [0.15, 0.2) is 28.7 Å². The molecule has 2 nitrogen and oxygen atoms in total. The maximum absolute atomic E-state index is 6.23. The smallest absolute Gasteiger partial charge is 0.0496 e. The van der Waals surface area contributed by atoms with Gasteiger partial charge >= 0.3 is 0 Å². The van der Waals surface area contributed by atoms with E-state index in [4.69, 9.17) is 5.73 Å². The molecule has 100 valence electrons. The van der Waals surface area contributed by atoms with Crippen LogP contribution in [0.1, 0.15) is 38.3 Å². The van der Waals surface area contributed by atoms with Gasteiger partial charge in [-0.3, -0.25) is 4.90 Å². The predicted octanol–water partition coefficient (Wildman–Crippen LogP) is 3.57. The first-order valence-electron chi connectivity index (χ1n) is 6.83. The molecule has 0 aromatic heterocycles. The average molecular weight is 311 g/mol. The number of benzene rings is 1. The van der Waals surface area contributed by atoms with Gasteiger partial charge in [0.05, 0.1) is 0 Å². The van der Waals surface area contributed by atoms with Crippen molar-refractivity contribution in [3.05, 3.63) is 34.3 Å². The van der Waals surface area contributed by atoms with Crippen molar-refractivity contribution in [1.82, 2.24) is 4.90 Å². The highest BCUT2D eigenvalue weighted by Gasteiger charge is 2.27. The Hall–Kier alpha value is -0.380. The molecule has 2 unspecified atom stereocenters. The molecule has 3 heteroatoms. The third-order valence-corrected chi connectivity index (χ3v) is 4.39. The lowest BCUT2D eigenvalue weighted by Gasteiger charge is -2.39. The Balaban J connectivity index is 2.18. The molecular formula is C15H23BrN2. The highest BCUT2D eigenvalue weighted by atomic mass is 79.9. The Morgan fingerprint density at radius 3 is 2.56 bits per heavy atom. The molecule has 1 fully saturated rings. The lowest BCUT2D eigenvalue weighted by atomic mass is 9.93. The van der Waals surface area contributed by atoms with Gasteiger partial charge in [-0.2, -0.15) is 0 Å². The summed E-state index contributed by atoms with van der Waals surface area (Å²) in [4.78, 5) is 2.55. The zero-order valence-electron chi connectivity index (χ0n) is 11.3. The number of halogens is 1. The highest BCUT2D eigenvalue weighted by Crippen LogP contribution is 2.29. The second-order valence-corrected chi connectivity index (χ2v) is 6.49. The summed E-state index contributed by atoms with van der Waals surface area (Å²) in [5, 5.41) is 0. The summed E-state index contributed by atoms with van der Waals surface area (Å²) in [7, 11) is 0. The number of rotatable bonds is 3. The number of likely N-dealkylation sites (tertiary alicyclic amines) is 1. The molecular weight excluding hydrogens is 288 g/mol. The largest absolute Gasteiger partial charge is 0.326 e. The molecule has 0 radical (unpaired) electrons. The zero-order valence-corrected chi connectivity index (χ0v) is 12.9. The minimum atomic E-state index is 0.160. The fraction of sp³-hybridized carbons (Fsp3) is 0.600. The van der Waals surface area contributed by atoms with E-state index >= 15 is 0 Å². The van der Waals surface area contributed by atoms with E-state index in [1.54, 1.807) is 0 Å². The molecule has 0 amide bonds. The van der Waals surface area contributed by atoms with Gasteiger partial charge in [-0.25, -0.2) is 0 Å². The van der Waals surface area contributed by atoms with Crippen LogP contribution in [0.2, 0.25) is 0 Å². The van der Waals surface area contributed by atoms with Crippen molar-refractivity contribution in [3.8, 4) is 0 Å². The molecule has 0 saturated carbocycles. The molecule has 1 aromatic rings. The van der Waals surface area contributed by atoms with Gasteiger partial charge in [0.2, 0.25) is 0 Å². The van der Waals surface area contributed by atoms with E-state index in [9.17, 15) is 0 Å². The van der Waals surface area contributed by atoms with Crippen molar-refractivity contribution < 1.29 is 0 Å². The zero-order chi connectivity index (χ0) is 13.1. The molecule has 2 atom stereocenters. The van der Waals surface area contributed by atoms with E-state index in [0.29, 0.717) is 6.04 Å². The van der Waals surface area contributed by atoms with Gasteiger partial charge < -0.3 is 5.73 Å². The summed E-state index contributed by atoms with van der Waals surface area (Å²) in [6.45, 7) is 6.79. The summed E-state index contributed by atoms with van der Waals surface area (Å²) < 4.78 is 1.14. The van der Waals surface area contributed by atoms with Gasteiger partial charge in [-0.15, -0.1) is 0 Å². The summed E-state index contributed by atoms with van der Waals surface area (Å²) in [5.74, 6) is 0.859. The predicted molar refractivity (Wildman–Crippen MR) is 80.5 cm³/mol. The number of nitrogens with two attached hydrogens (primary N) is 1. The molecule has 1 aromatic carbocycles. The van der Waals surface area contributed by atoms with Crippen LogP contribution in [-0.2, 0) is 0 Å². The van der Waals surface area contributed by atoms with Crippen LogP contribution >= 0.6 is 15.9 Å². The second kappa shape index (κ2) is 6.18. The van der Waals surface area contributed by atoms with Crippen molar-refractivity contribution in [2.45, 2.75) is 38.8 Å². The van der Waals surface area contributed by atoms with Gasteiger partial charge in [0.1, 0.15) is 0 Å². The molecule has 0 bridgehead atoms. The lowest BCUT2D eigenvalue weighted by molar-refractivity contribution is 0.124. The molecule has 0 aliphatic carbocycles. The topological polar surface area (TPSA) is 29.3 Å². The first kappa shape index (κ1) is 14.0. The Morgan fingerprint density at radius 2 is 2.00 bits per heavy atom. The Kier molecular flexibility index (Phi) is 4.82. The van der Waals surface area contributed by atoms with Gasteiger partial charge in [-0.1, -0.05) is 35.0 Å². The van der Waals surface area contributed by atoms with E-state index in [-0.39, 0.29) is 6.04 Å². The monoisotopic (exact) mass is 310 g/mol. The van der Waals surface area contributed by atoms with E-state index in [1.807, 2.05) is 0 Å². The van der Waals surface area contributed by atoms with Crippen molar-refractivity contribution in [2.75, 3.05) is 13.1 Å². The van der Waals surface area contributed by atoms with Crippen LogP contribution < -0.4 is 5.73 Å². The maximum atomic E-state index is 6.23. The van der Waals surface area contributed by atoms with Gasteiger partial charge in [0, 0.05) is 16.6 Å². The fourth-order valence-electron chi connectivity index (χ4n) is 2.84. The summed E-state index contributed by atoms with van der Waals surface area (Å²) in [6, 6.07) is 9.06. The van der Waals surface area contributed by atoms with E-state index in [0.717, 1.165) is 10.4 Å². The van der Waals surface area contributed by atoms with Crippen LogP contribution in [0, 0.1) is 5.92 Å². The van der Waals surface area contributed by atoms with Gasteiger partial charge in [0.15, 0.2) is 0 Å². The van der Waals surface area contributed by atoms with Crippen molar-refractivity contribution >= 4 is 15.9 Å². The molecule has 18 heavy (non-hydrogen) atoms. The Morgan fingerprint density at radius 1 is 1.33 bits per heavy atom. The van der Waals surface area contributed by atoms with Crippen LogP contribution in [0.4, 0.5) is 0 Å². The standard InChI is InChI=1S/C15H23BrN2/c1-11-6-8-18(9-7-11)15(12(2)17)13-4-3-5-14(16)10-13/h3-5,10-12,15H,6-9,17H2,1-2H3. The minimum Gasteiger partial charge on any atom is -0.326 e. The Labute approximate surface area is 119 Å². The average Bonchev–Trinajstić information content (AvgIpc) is 2.32. The quantitative estimate of drug-likeness (QED) is 0.924. The van der Waals surface area contributed by atoms with Crippen molar-refractivity contribution in [1.29, 1.82) is 0 Å². The summed E-state index contributed by atoms with van der Waals surface area (Å²) in [5.41, 5.74) is 7.55. The normalized spacial score (nSPS) is 21.8. The molecule has 1 aliphatic rings. The molecule has 1 heterocycles.